The van der Waals surface area contributed by atoms with Crippen molar-refractivity contribution in [3.63, 3.8) is 0 Å². The molecule has 1 atom stereocenters. The molecule has 1 aliphatic rings. The Bertz CT molecular complexity index is 310. The van der Waals surface area contributed by atoms with Gasteiger partial charge in [0.15, 0.2) is 0 Å². The highest BCUT2D eigenvalue weighted by Crippen LogP contribution is 2.27. The van der Waals surface area contributed by atoms with Gasteiger partial charge in [0.05, 0.1) is 0 Å². The summed E-state index contributed by atoms with van der Waals surface area (Å²) >= 11 is 8.10. The molecule has 0 amide bonds. The van der Waals surface area contributed by atoms with E-state index in [1.54, 1.807) is 0 Å². The Morgan fingerprint density at radius 3 is 3.08 bits per heavy atom. The summed E-state index contributed by atoms with van der Waals surface area (Å²) in [6, 6.07) is 2.40. The zero-order valence-electron chi connectivity index (χ0n) is 7.06. The Balaban J connectivity index is 2.29. The lowest BCUT2D eigenvalue weighted by atomic mass is 10.1. The number of halogens is 2. The van der Waals surface area contributed by atoms with Gasteiger partial charge in [-0.1, -0.05) is 11.6 Å². The number of nitrogens with zero attached hydrogens (tertiary/aromatic N) is 1. The van der Waals surface area contributed by atoms with Gasteiger partial charge in [0.2, 0.25) is 0 Å². The van der Waals surface area contributed by atoms with Gasteiger partial charge >= 0.3 is 0 Å². The summed E-state index contributed by atoms with van der Waals surface area (Å²) in [7, 11) is 0. The van der Waals surface area contributed by atoms with Gasteiger partial charge in [0, 0.05) is 21.4 Å². The molecular formula is C9H10ClIN2. The second-order valence-electron chi connectivity index (χ2n) is 3.18. The average Bonchev–Trinajstić information content (AvgIpc) is 2.56. The van der Waals surface area contributed by atoms with E-state index in [4.69, 9.17) is 11.6 Å². The monoisotopic (exact) mass is 308 g/mol. The third-order valence-electron chi connectivity index (χ3n) is 2.28. The normalized spacial score (nSPS) is 22.2. The van der Waals surface area contributed by atoms with Crippen molar-refractivity contribution >= 4 is 34.2 Å². The van der Waals surface area contributed by atoms with E-state index >= 15 is 0 Å². The van der Waals surface area contributed by atoms with Gasteiger partial charge in [-0.05, 0) is 48.0 Å². The van der Waals surface area contributed by atoms with Crippen molar-refractivity contribution in [1.29, 1.82) is 0 Å². The van der Waals surface area contributed by atoms with Gasteiger partial charge in [-0.15, -0.1) is 0 Å². The van der Waals surface area contributed by atoms with Crippen LogP contribution in [0.4, 0.5) is 0 Å². The third-order valence-corrected chi connectivity index (χ3v) is 3.43. The Labute approximate surface area is 96.2 Å². The molecule has 1 fully saturated rings. The van der Waals surface area contributed by atoms with Crippen molar-refractivity contribution in [2.75, 3.05) is 6.54 Å². The number of hydrogen-bond acceptors (Lipinski definition) is 2. The van der Waals surface area contributed by atoms with Gasteiger partial charge in [0.1, 0.15) is 5.15 Å². The molecule has 1 N–H and O–H groups in total. The SMILES string of the molecule is Clc1cc(I)c(C2CCCN2)cn1. The molecule has 0 saturated carbocycles. The van der Waals surface area contributed by atoms with Crippen LogP contribution in [0, 0.1) is 3.57 Å². The summed E-state index contributed by atoms with van der Waals surface area (Å²) in [6.07, 6.45) is 4.34. The molecule has 4 heteroatoms. The first-order chi connectivity index (χ1) is 6.27. The van der Waals surface area contributed by atoms with E-state index in [1.165, 1.54) is 22.0 Å². The largest absolute Gasteiger partial charge is 0.310 e. The van der Waals surface area contributed by atoms with Crippen LogP contribution < -0.4 is 5.32 Å². The number of pyridine rings is 1. The van der Waals surface area contributed by atoms with Gasteiger partial charge in [0.25, 0.3) is 0 Å². The standard InChI is InChI=1S/C9H10ClIN2/c10-9-4-7(11)6(5-13-9)8-2-1-3-12-8/h4-5,8,12H,1-3H2. The highest BCUT2D eigenvalue weighted by Gasteiger charge is 2.18. The van der Waals surface area contributed by atoms with Gasteiger partial charge in [-0.3, -0.25) is 0 Å². The molecule has 1 aromatic heterocycles. The molecule has 1 aliphatic heterocycles. The molecule has 70 valence electrons. The first-order valence-corrected chi connectivity index (χ1v) is 5.77. The van der Waals surface area contributed by atoms with E-state index in [1.807, 2.05) is 12.3 Å². The van der Waals surface area contributed by atoms with E-state index in [0.29, 0.717) is 11.2 Å². The van der Waals surface area contributed by atoms with Crippen LogP contribution in [0.25, 0.3) is 0 Å². The second-order valence-corrected chi connectivity index (χ2v) is 4.73. The van der Waals surface area contributed by atoms with E-state index < -0.39 is 0 Å². The molecular weight excluding hydrogens is 298 g/mol. The van der Waals surface area contributed by atoms with Crippen LogP contribution in [0.15, 0.2) is 12.3 Å². The fraction of sp³-hybridized carbons (Fsp3) is 0.444. The Kier molecular flexibility index (Phi) is 3.06. The molecule has 1 aromatic rings. The van der Waals surface area contributed by atoms with Crippen molar-refractivity contribution in [2.45, 2.75) is 18.9 Å². The van der Waals surface area contributed by atoms with Crippen LogP contribution in [0.1, 0.15) is 24.4 Å². The van der Waals surface area contributed by atoms with E-state index in [9.17, 15) is 0 Å². The van der Waals surface area contributed by atoms with Crippen LogP contribution in [0.2, 0.25) is 5.15 Å². The summed E-state index contributed by atoms with van der Waals surface area (Å²) in [6.45, 7) is 1.11. The maximum atomic E-state index is 5.79. The topological polar surface area (TPSA) is 24.9 Å². The fourth-order valence-corrected chi connectivity index (χ4v) is 2.78. The van der Waals surface area contributed by atoms with Crippen LogP contribution in [0.5, 0.6) is 0 Å². The Morgan fingerprint density at radius 2 is 2.46 bits per heavy atom. The number of hydrogen-bond donors (Lipinski definition) is 1. The molecule has 2 heterocycles. The molecule has 13 heavy (non-hydrogen) atoms. The van der Waals surface area contributed by atoms with Crippen molar-refractivity contribution < 1.29 is 0 Å². The highest BCUT2D eigenvalue weighted by atomic mass is 127. The quantitative estimate of drug-likeness (QED) is 0.637. The van der Waals surface area contributed by atoms with Crippen LogP contribution in [-0.2, 0) is 0 Å². The van der Waals surface area contributed by atoms with Gasteiger partial charge in [-0.2, -0.15) is 0 Å². The van der Waals surface area contributed by atoms with Crippen LogP contribution in [-0.4, -0.2) is 11.5 Å². The van der Waals surface area contributed by atoms with E-state index in [-0.39, 0.29) is 0 Å². The van der Waals surface area contributed by atoms with E-state index in [0.717, 1.165) is 6.54 Å². The minimum absolute atomic E-state index is 0.483. The first-order valence-electron chi connectivity index (χ1n) is 4.31. The maximum absolute atomic E-state index is 5.79. The van der Waals surface area contributed by atoms with Crippen molar-refractivity contribution in [3.05, 3.63) is 26.5 Å². The predicted octanol–water partition coefficient (Wildman–Crippen LogP) is 2.76. The molecule has 2 nitrogen and oxygen atoms in total. The van der Waals surface area contributed by atoms with Crippen LogP contribution in [0.3, 0.4) is 0 Å². The summed E-state index contributed by atoms with van der Waals surface area (Å²) in [5.41, 5.74) is 1.28. The number of rotatable bonds is 1. The van der Waals surface area contributed by atoms with Crippen molar-refractivity contribution in [3.8, 4) is 0 Å². The summed E-state index contributed by atoms with van der Waals surface area (Å²) in [4.78, 5) is 4.11. The second kappa shape index (κ2) is 4.11. The summed E-state index contributed by atoms with van der Waals surface area (Å²) in [5.74, 6) is 0. The molecule has 0 spiro atoms. The lowest BCUT2D eigenvalue weighted by Crippen LogP contribution is -2.14. The first kappa shape index (κ1) is 9.68. The van der Waals surface area contributed by atoms with Crippen molar-refractivity contribution in [1.82, 2.24) is 10.3 Å². The molecule has 0 radical (unpaired) electrons. The van der Waals surface area contributed by atoms with Gasteiger partial charge in [-0.25, -0.2) is 4.98 Å². The summed E-state index contributed by atoms with van der Waals surface area (Å²) < 4.78 is 1.21. The average molecular weight is 309 g/mol. The smallest absolute Gasteiger partial charge is 0.130 e. The zero-order chi connectivity index (χ0) is 9.26. The Morgan fingerprint density at radius 1 is 1.62 bits per heavy atom. The van der Waals surface area contributed by atoms with Crippen LogP contribution >= 0.6 is 34.2 Å². The molecule has 0 aromatic carbocycles. The molecule has 0 bridgehead atoms. The van der Waals surface area contributed by atoms with Gasteiger partial charge < -0.3 is 5.32 Å². The lowest BCUT2D eigenvalue weighted by molar-refractivity contribution is 0.642. The highest BCUT2D eigenvalue weighted by molar-refractivity contribution is 14.1. The molecule has 1 saturated heterocycles. The number of nitrogens with one attached hydrogen (secondary N) is 1. The molecule has 0 aliphatic carbocycles. The zero-order valence-corrected chi connectivity index (χ0v) is 9.97. The lowest BCUT2D eigenvalue weighted by Gasteiger charge is -2.11. The Hall–Kier alpha value is 0.130. The minimum Gasteiger partial charge on any atom is -0.310 e. The number of aromatic nitrogens is 1. The molecule has 1 unspecified atom stereocenters. The summed E-state index contributed by atoms with van der Waals surface area (Å²) in [5, 5.41) is 4.02. The molecule has 2 rings (SSSR count). The maximum Gasteiger partial charge on any atom is 0.130 e. The minimum atomic E-state index is 0.483. The fourth-order valence-electron chi connectivity index (χ4n) is 1.62. The third kappa shape index (κ3) is 2.14. The van der Waals surface area contributed by atoms with Crippen molar-refractivity contribution in [2.24, 2.45) is 0 Å². The predicted molar refractivity (Wildman–Crippen MR) is 61.9 cm³/mol. The van der Waals surface area contributed by atoms with E-state index in [2.05, 4.69) is 32.9 Å².